The van der Waals surface area contributed by atoms with Crippen LogP contribution in [-0.2, 0) is 0 Å². The molecule has 1 aliphatic rings. The second-order valence-corrected chi connectivity index (χ2v) is 5.00. The second kappa shape index (κ2) is 6.29. The van der Waals surface area contributed by atoms with Crippen LogP contribution in [0.5, 0.6) is 0 Å². The van der Waals surface area contributed by atoms with E-state index in [1.165, 1.54) is 19.3 Å². The number of hydrogen-bond donors (Lipinski definition) is 2. The molecule has 2 atom stereocenters. The van der Waals surface area contributed by atoms with Crippen molar-refractivity contribution >= 4 is 0 Å². The Morgan fingerprint density at radius 3 is 2.80 bits per heavy atom. The summed E-state index contributed by atoms with van der Waals surface area (Å²) in [5.74, 6) is 0.762. The van der Waals surface area contributed by atoms with Gasteiger partial charge in [-0.15, -0.1) is 0 Å². The number of aliphatic hydroxyl groups excluding tert-OH is 1. The van der Waals surface area contributed by atoms with E-state index >= 15 is 0 Å². The molecule has 1 aliphatic carbocycles. The fourth-order valence-corrected chi connectivity index (χ4v) is 2.21. The molecule has 0 radical (unpaired) electrons. The molecule has 1 rings (SSSR count). The lowest BCUT2D eigenvalue weighted by molar-refractivity contribution is 0.158. The minimum absolute atomic E-state index is 0.0735. The largest absolute Gasteiger partial charge is 0.394 e. The molecule has 2 heteroatoms. The van der Waals surface area contributed by atoms with E-state index < -0.39 is 0 Å². The van der Waals surface area contributed by atoms with Gasteiger partial charge in [0.15, 0.2) is 0 Å². The number of hydrogen-bond acceptors (Lipinski definition) is 2. The fourth-order valence-electron chi connectivity index (χ4n) is 2.21. The Labute approximate surface area is 93.8 Å². The highest BCUT2D eigenvalue weighted by atomic mass is 16.3. The molecule has 0 aliphatic heterocycles. The Kier molecular flexibility index (Phi) is 5.34. The van der Waals surface area contributed by atoms with E-state index in [1.54, 1.807) is 0 Å². The molecule has 2 nitrogen and oxygen atoms in total. The van der Waals surface area contributed by atoms with Crippen molar-refractivity contribution in [3.8, 4) is 0 Å². The predicted molar refractivity (Wildman–Crippen MR) is 64.9 cm³/mol. The van der Waals surface area contributed by atoms with Crippen LogP contribution in [0, 0.1) is 5.92 Å². The molecule has 0 saturated carbocycles. The Morgan fingerprint density at radius 1 is 1.47 bits per heavy atom. The summed E-state index contributed by atoms with van der Waals surface area (Å²) in [6.45, 7) is 5.57. The van der Waals surface area contributed by atoms with Gasteiger partial charge in [-0.1, -0.05) is 25.5 Å². The van der Waals surface area contributed by atoms with Crippen molar-refractivity contribution in [2.24, 2.45) is 5.92 Å². The monoisotopic (exact) mass is 211 g/mol. The molecular formula is C13H25NO. The zero-order valence-corrected chi connectivity index (χ0v) is 10.1. The number of rotatable bonds is 6. The van der Waals surface area contributed by atoms with Gasteiger partial charge in [-0.25, -0.2) is 0 Å². The average molecular weight is 211 g/mol. The maximum atomic E-state index is 9.37. The third-order valence-electron chi connectivity index (χ3n) is 3.35. The van der Waals surface area contributed by atoms with Gasteiger partial charge in [0, 0.05) is 5.54 Å². The van der Waals surface area contributed by atoms with E-state index in [-0.39, 0.29) is 12.1 Å². The zero-order valence-electron chi connectivity index (χ0n) is 10.1. The summed E-state index contributed by atoms with van der Waals surface area (Å²) < 4.78 is 0. The average Bonchev–Trinajstić information content (AvgIpc) is 2.28. The maximum Gasteiger partial charge on any atom is 0.0610 e. The van der Waals surface area contributed by atoms with Crippen LogP contribution in [-0.4, -0.2) is 23.8 Å². The molecule has 88 valence electrons. The zero-order chi connectivity index (χ0) is 11.1. The van der Waals surface area contributed by atoms with Gasteiger partial charge in [-0.05, 0) is 45.1 Å². The van der Waals surface area contributed by atoms with E-state index in [1.807, 2.05) is 0 Å². The SMILES string of the molecule is CCC[C@@](C)(CO)NC[C@H]1CC=CCC1. The van der Waals surface area contributed by atoms with Crippen LogP contribution in [0.2, 0.25) is 0 Å². The Balaban J connectivity index is 2.29. The lowest BCUT2D eigenvalue weighted by atomic mass is 9.91. The highest BCUT2D eigenvalue weighted by molar-refractivity contribution is 4.92. The molecular weight excluding hydrogens is 186 g/mol. The topological polar surface area (TPSA) is 32.3 Å². The first-order valence-electron chi connectivity index (χ1n) is 6.21. The molecule has 0 aromatic carbocycles. The molecule has 0 heterocycles. The molecule has 15 heavy (non-hydrogen) atoms. The Hall–Kier alpha value is -0.340. The summed E-state index contributed by atoms with van der Waals surface area (Å²) >= 11 is 0. The number of allylic oxidation sites excluding steroid dienone is 2. The van der Waals surface area contributed by atoms with Crippen molar-refractivity contribution in [2.45, 2.75) is 51.5 Å². The standard InChI is InChI=1S/C13H25NO/c1-3-9-13(2,11-15)14-10-12-7-5-4-6-8-12/h4-5,12,14-15H,3,6-11H2,1-2H3/t12-,13-/m0/s1. The third-order valence-corrected chi connectivity index (χ3v) is 3.35. The van der Waals surface area contributed by atoms with Crippen LogP contribution < -0.4 is 5.32 Å². The quantitative estimate of drug-likeness (QED) is 0.662. The summed E-state index contributed by atoms with van der Waals surface area (Å²) in [5.41, 5.74) is -0.0735. The van der Waals surface area contributed by atoms with Crippen molar-refractivity contribution in [1.29, 1.82) is 0 Å². The van der Waals surface area contributed by atoms with Gasteiger partial charge >= 0.3 is 0 Å². The van der Waals surface area contributed by atoms with Crippen LogP contribution >= 0.6 is 0 Å². The summed E-state index contributed by atoms with van der Waals surface area (Å²) in [6, 6.07) is 0. The first-order valence-corrected chi connectivity index (χ1v) is 6.21. The van der Waals surface area contributed by atoms with Crippen molar-refractivity contribution in [1.82, 2.24) is 5.32 Å². The van der Waals surface area contributed by atoms with Crippen molar-refractivity contribution in [3.63, 3.8) is 0 Å². The summed E-state index contributed by atoms with van der Waals surface area (Å²) in [5, 5.41) is 12.9. The van der Waals surface area contributed by atoms with Crippen molar-refractivity contribution in [2.75, 3.05) is 13.2 Å². The summed E-state index contributed by atoms with van der Waals surface area (Å²) in [4.78, 5) is 0. The maximum absolute atomic E-state index is 9.37. The molecule has 0 bridgehead atoms. The van der Waals surface area contributed by atoms with Crippen LogP contribution in [0.3, 0.4) is 0 Å². The van der Waals surface area contributed by atoms with E-state index in [4.69, 9.17) is 0 Å². The highest BCUT2D eigenvalue weighted by Crippen LogP contribution is 2.19. The van der Waals surface area contributed by atoms with E-state index in [0.29, 0.717) is 0 Å². The van der Waals surface area contributed by atoms with Gasteiger partial charge in [0.2, 0.25) is 0 Å². The number of aliphatic hydroxyl groups is 1. The number of nitrogens with one attached hydrogen (secondary N) is 1. The lowest BCUT2D eigenvalue weighted by Gasteiger charge is -2.31. The molecule has 2 N–H and O–H groups in total. The fraction of sp³-hybridized carbons (Fsp3) is 0.846. The van der Waals surface area contributed by atoms with Gasteiger partial charge in [-0.2, -0.15) is 0 Å². The van der Waals surface area contributed by atoms with Gasteiger partial charge in [0.05, 0.1) is 6.61 Å². The van der Waals surface area contributed by atoms with Crippen LogP contribution in [0.25, 0.3) is 0 Å². The second-order valence-electron chi connectivity index (χ2n) is 5.00. The summed E-state index contributed by atoms with van der Waals surface area (Å²) in [6.07, 6.45) is 10.4. The highest BCUT2D eigenvalue weighted by Gasteiger charge is 2.22. The normalized spacial score (nSPS) is 25.1. The van der Waals surface area contributed by atoms with Gasteiger partial charge in [0.25, 0.3) is 0 Å². The van der Waals surface area contributed by atoms with Gasteiger partial charge < -0.3 is 10.4 Å². The molecule has 0 amide bonds. The van der Waals surface area contributed by atoms with Crippen LogP contribution in [0.1, 0.15) is 46.0 Å². The first-order chi connectivity index (χ1) is 7.20. The predicted octanol–water partition coefficient (Wildman–Crippen LogP) is 2.48. The Bertz CT molecular complexity index is 203. The molecule has 0 aromatic heterocycles. The summed E-state index contributed by atoms with van der Waals surface area (Å²) in [7, 11) is 0. The van der Waals surface area contributed by atoms with E-state index in [9.17, 15) is 5.11 Å². The first kappa shape index (κ1) is 12.7. The minimum atomic E-state index is -0.0735. The van der Waals surface area contributed by atoms with Gasteiger partial charge in [0.1, 0.15) is 0 Å². The third kappa shape index (κ3) is 4.35. The van der Waals surface area contributed by atoms with Gasteiger partial charge in [-0.3, -0.25) is 0 Å². The molecule has 0 aromatic rings. The molecule has 0 spiro atoms. The molecule has 0 saturated heterocycles. The van der Waals surface area contributed by atoms with Crippen LogP contribution in [0.4, 0.5) is 0 Å². The van der Waals surface area contributed by atoms with Crippen LogP contribution in [0.15, 0.2) is 12.2 Å². The smallest absolute Gasteiger partial charge is 0.0610 e. The van der Waals surface area contributed by atoms with E-state index in [2.05, 4.69) is 31.3 Å². The molecule has 0 unspecified atom stereocenters. The Morgan fingerprint density at radius 2 is 2.27 bits per heavy atom. The minimum Gasteiger partial charge on any atom is -0.394 e. The van der Waals surface area contributed by atoms with E-state index in [0.717, 1.165) is 25.3 Å². The van der Waals surface area contributed by atoms with Crippen molar-refractivity contribution < 1.29 is 5.11 Å². The molecule has 0 fully saturated rings. The lowest BCUT2D eigenvalue weighted by Crippen LogP contribution is -2.47. The van der Waals surface area contributed by atoms with Crippen molar-refractivity contribution in [3.05, 3.63) is 12.2 Å².